The van der Waals surface area contributed by atoms with Gasteiger partial charge in [0.15, 0.2) is 5.82 Å². The highest BCUT2D eigenvalue weighted by atomic mass is 32.2. The molecule has 1 heterocycles. The topological polar surface area (TPSA) is 122 Å². The number of aliphatic carboxylic acids is 1. The molecule has 126 valence electrons. The van der Waals surface area contributed by atoms with Gasteiger partial charge in [-0.2, -0.15) is 0 Å². The summed E-state index contributed by atoms with van der Waals surface area (Å²) in [6, 6.07) is 1.59. The zero-order valence-corrected chi connectivity index (χ0v) is 13.6. The molecular weight excluding hydrogens is 322 g/mol. The lowest BCUT2D eigenvalue weighted by Crippen LogP contribution is -2.53. The first-order valence-electron chi connectivity index (χ1n) is 7.27. The van der Waals surface area contributed by atoms with Crippen LogP contribution in [0.2, 0.25) is 0 Å². The van der Waals surface area contributed by atoms with Crippen molar-refractivity contribution in [2.24, 2.45) is 0 Å². The van der Waals surface area contributed by atoms with E-state index in [1.165, 1.54) is 0 Å². The van der Waals surface area contributed by atoms with Crippen LogP contribution >= 0.6 is 11.8 Å². The van der Waals surface area contributed by atoms with Gasteiger partial charge in [-0.15, -0.1) is 11.8 Å². The predicted octanol–water partition coefficient (Wildman–Crippen LogP) is 1.17. The minimum absolute atomic E-state index is 0.0281. The molecule has 2 amide bonds. The van der Waals surface area contributed by atoms with Gasteiger partial charge in [-0.25, -0.2) is 4.79 Å². The zero-order valence-electron chi connectivity index (χ0n) is 12.8. The molecular formula is C14H19N3O5S. The molecule has 8 nitrogen and oxygen atoms in total. The van der Waals surface area contributed by atoms with E-state index in [0.29, 0.717) is 24.4 Å². The van der Waals surface area contributed by atoms with Gasteiger partial charge in [-0.05, 0) is 19.8 Å². The van der Waals surface area contributed by atoms with Gasteiger partial charge in [0, 0.05) is 6.07 Å². The molecule has 23 heavy (non-hydrogen) atoms. The first-order chi connectivity index (χ1) is 10.9. The molecule has 0 aromatic carbocycles. The summed E-state index contributed by atoms with van der Waals surface area (Å²) in [5.74, 6) is -0.655. The number of amides is 2. The minimum Gasteiger partial charge on any atom is -0.480 e. The smallest absolute Gasteiger partial charge is 0.329 e. The highest BCUT2D eigenvalue weighted by molar-refractivity contribution is 8.00. The number of nitrogens with zero attached hydrogens (tertiary/aromatic N) is 1. The third-order valence-electron chi connectivity index (χ3n) is 3.61. The summed E-state index contributed by atoms with van der Waals surface area (Å²) in [4.78, 5) is 34.9. The van der Waals surface area contributed by atoms with Crippen LogP contribution in [0.25, 0.3) is 0 Å². The summed E-state index contributed by atoms with van der Waals surface area (Å²) >= 11 is 1.11. The second kappa shape index (κ2) is 7.49. The van der Waals surface area contributed by atoms with Crippen LogP contribution in [0.15, 0.2) is 10.6 Å². The number of carboxylic acids is 1. The van der Waals surface area contributed by atoms with Crippen LogP contribution in [0.3, 0.4) is 0 Å². The maximum atomic E-state index is 11.9. The van der Waals surface area contributed by atoms with Crippen LogP contribution in [0.5, 0.6) is 0 Å². The molecule has 0 bridgehead atoms. The summed E-state index contributed by atoms with van der Waals surface area (Å²) in [5.41, 5.74) is -1.14. The third kappa shape index (κ3) is 4.72. The van der Waals surface area contributed by atoms with Crippen molar-refractivity contribution in [1.29, 1.82) is 0 Å². The summed E-state index contributed by atoms with van der Waals surface area (Å²) in [5, 5.41) is 18.1. The van der Waals surface area contributed by atoms with Gasteiger partial charge in [0.1, 0.15) is 11.3 Å². The first-order valence-corrected chi connectivity index (χ1v) is 8.42. The van der Waals surface area contributed by atoms with Crippen molar-refractivity contribution in [3.63, 3.8) is 0 Å². The average Bonchev–Trinajstić information content (AvgIpc) is 3.09. The van der Waals surface area contributed by atoms with Crippen molar-refractivity contribution < 1.29 is 24.0 Å². The largest absolute Gasteiger partial charge is 0.480 e. The molecule has 1 aliphatic rings. The second-order valence-electron chi connectivity index (χ2n) is 5.51. The molecule has 1 aromatic heterocycles. The number of aryl methyl sites for hydroxylation is 1. The molecule has 0 unspecified atom stereocenters. The summed E-state index contributed by atoms with van der Waals surface area (Å²) in [7, 11) is 0. The van der Waals surface area contributed by atoms with Gasteiger partial charge in [0.2, 0.25) is 11.8 Å². The fourth-order valence-corrected chi connectivity index (χ4v) is 3.13. The highest BCUT2D eigenvalue weighted by Crippen LogP contribution is 2.30. The Bertz CT molecular complexity index is 595. The Balaban J connectivity index is 1.72. The molecule has 0 atom stereocenters. The van der Waals surface area contributed by atoms with Crippen molar-refractivity contribution in [3.05, 3.63) is 11.8 Å². The normalized spacial score (nSPS) is 16.0. The van der Waals surface area contributed by atoms with Crippen LogP contribution < -0.4 is 10.6 Å². The number of carbonyl (C=O) groups is 3. The lowest BCUT2D eigenvalue weighted by molar-refractivity contribution is -0.147. The van der Waals surface area contributed by atoms with Crippen molar-refractivity contribution in [2.75, 3.05) is 16.8 Å². The molecule has 0 saturated heterocycles. The second-order valence-corrected chi connectivity index (χ2v) is 6.49. The quantitative estimate of drug-likeness (QED) is 0.680. The lowest BCUT2D eigenvalue weighted by atomic mass is 9.98. The minimum atomic E-state index is -1.14. The fraction of sp³-hybridized carbons (Fsp3) is 0.571. The number of aromatic nitrogens is 1. The molecule has 2 rings (SSSR count). The number of carboxylic acid groups (broad SMARTS) is 1. The predicted molar refractivity (Wildman–Crippen MR) is 84.2 cm³/mol. The Hall–Kier alpha value is -2.03. The Labute approximate surface area is 137 Å². The van der Waals surface area contributed by atoms with Gasteiger partial charge in [-0.3, -0.25) is 9.59 Å². The van der Waals surface area contributed by atoms with Gasteiger partial charge >= 0.3 is 5.97 Å². The number of anilines is 1. The van der Waals surface area contributed by atoms with E-state index in [0.717, 1.165) is 24.6 Å². The average molecular weight is 341 g/mol. The van der Waals surface area contributed by atoms with Crippen LogP contribution in [-0.2, 0) is 14.4 Å². The zero-order chi connectivity index (χ0) is 16.9. The maximum absolute atomic E-state index is 11.9. The van der Waals surface area contributed by atoms with Crippen molar-refractivity contribution >= 4 is 35.4 Å². The van der Waals surface area contributed by atoms with E-state index in [4.69, 9.17) is 4.52 Å². The van der Waals surface area contributed by atoms with E-state index in [2.05, 4.69) is 15.8 Å². The standard InChI is InChI=1S/C14H19N3O5S/c1-9-6-10(17-22-9)15-11(18)7-23-8-12(19)16-14(13(20)21)4-2-3-5-14/h6H,2-5,7-8H2,1H3,(H,16,19)(H,20,21)(H,15,17,18). The Morgan fingerprint density at radius 1 is 1.30 bits per heavy atom. The number of thioether (sulfide) groups is 1. The van der Waals surface area contributed by atoms with E-state index in [1.807, 2.05) is 0 Å². The summed E-state index contributed by atoms with van der Waals surface area (Å²) in [6.07, 6.45) is 2.48. The van der Waals surface area contributed by atoms with Crippen molar-refractivity contribution in [1.82, 2.24) is 10.5 Å². The molecule has 1 aliphatic carbocycles. The van der Waals surface area contributed by atoms with Crippen LogP contribution in [0, 0.1) is 6.92 Å². The Kier molecular flexibility index (Phi) is 5.64. The van der Waals surface area contributed by atoms with Gasteiger partial charge in [-0.1, -0.05) is 18.0 Å². The number of carbonyl (C=O) groups excluding carboxylic acids is 2. The molecule has 1 aromatic rings. The van der Waals surface area contributed by atoms with E-state index in [-0.39, 0.29) is 23.3 Å². The van der Waals surface area contributed by atoms with Crippen LogP contribution in [0.1, 0.15) is 31.4 Å². The van der Waals surface area contributed by atoms with E-state index < -0.39 is 11.5 Å². The van der Waals surface area contributed by atoms with Gasteiger partial charge in [0.05, 0.1) is 11.5 Å². The van der Waals surface area contributed by atoms with E-state index >= 15 is 0 Å². The third-order valence-corrected chi connectivity index (χ3v) is 4.54. The number of hydrogen-bond acceptors (Lipinski definition) is 6. The molecule has 0 spiro atoms. The number of rotatable bonds is 7. The van der Waals surface area contributed by atoms with E-state index in [9.17, 15) is 19.5 Å². The molecule has 1 fully saturated rings. The number of nitrogens with one attached hydrogen (secondary N) is 2. The fourth-order valence-electron chi connectivity index (χ4n) is 2.51. The number of hydrogen-bond donors (Lipinski definition) is 3. The Morgan fingerprint density at radius 2 is 1.96 bits per heavy atom. The molecule has 3 N–H and O–H groups in total. The van der Waals surface area contributed by atoms with Crippen molar-refractivity contribution in [3.8, 4) is 0 Å². The summed E-state index contributed by atoms with van der Waals surface area (Å²) in [6.45, 7) is 1.71. The van der Waals surface area contributed by atoms with Gasteiger partial charge < -0.3 is 20.3 Å². The highest BCUT2D eigenvalue weighted by Gasteiger charge is 2.42. The molecule has 1 saturated carbocycles. The molecule has 0 radical (unpaired) electrons. The maximum Gasteiger partial charge on any atom is 0.329 e. The SMILES string of the molecule is Cc1cc(NC(=O)CSCC(=O)NC2(C(=O)O)CCCC2)no1. The monoisotopic (exact) mass is 341 g/mol. The lowest BCUT2D eigenvalue weighted by Gasteiger charge is -2.25. The first kappa shape index (κ1) is 17.3. The van der Waals surface area contributed by atoms with E-state index in [1.54, 1.807) is 13.0 Å². The van der Waals surface area contributed by atoms with Gasteiger partial charge in [0.25, 0.3) is 0 Å². The molecule has 0 aliphatic heterocycles. The Morgan fingerprint density at radius 3 is 2.52 bits per heavy atom. The summed E-state index contributed by atoms with van der Waals surface area (Å²) < 4.78 is 4.82. The molecule has 9 heteroatoms. The van der Waals surface area contributed by atoms with Crippen LogP contribution in [0.4, 0.5) is 5.82 Å². The van der Waals surface area contributed by atoms with Crippen LogP contribution in [-0.4, -0.2) is 45.1 Å². The van der Waals surface area contributed by atoms with Crippen molar-refractivity contribution in [2.45, 2.75) is 38.1 Å².